The summed E-state index contributed by atoms with van der Waals surface area (Å²) in [5.41, 5.74) is 3.26. The zero-order valence-electron chi connectivity index (χ0n) is 18.3. The Morgan fingerprint density at radius 1 is 0.818 bits per heavy atom. The topological polar surface area (TPSA) is 60.2 Å². The number of piperazine rings is 1. The van der Waals surface area contributed by atoms with Crippen molar-refractivity contribution in [3.8, 4) is 6.07 Å². The molecule has 1 aromatic heterocycles. The molecule has 172 valence electrons. The molecule has 0 bridgehead atoms. The van der Waals surface area contributed by atoms with Crippen LogP contribution in [0, 0.1) is 11.3 Å². The van der Waals surface area contributed by atoms with Gasteiger partial charge in [-0.05, 0) is 28.8 Å². The van der Waals surface area contributed by atoms with Gasteiger partial charge in [-0.15, -0.1) is 24.8 Å². The lowest BCUT2D eigenvalue weighted by Gasteiger charge is -2.37. The zero-order chi connectivity index (χ0) is 21.5. The Hall–Kier alpha value is -2.91. The van der Waals surface area contributed by atoms with E-state index >= 15 is 0 Å². The molecule has 2 heterocycles. The average molecular weight is 483 g/mol. The fourth-order valence-electron chi connectivity index (χ4n) is 4.24. The van der Waals surface area contributed by atoms with Crippen molar-refractivity contribution >= 4 is 30.7 Å². The molecule has 1 atom stereocenters. The lowest BCUT2D eigenvalue weighted by atomic mass is 9.88. The van der Waals surface area contributed by atoms with Crippen molar-refractivity contribution in [2.75, 3.05) is 26.2 Å². The quantitative estimate of drug-likeness (QED) is 0.503. The molecule has 0 N–H and O–H groups in total. The molecule has 1 amide bonds. The molecule has 0 aliphatic carbocycles. The van der Waals surface area contributed by atoms with Gasteiger partial charge in [0, 0.05) is 50.9 Å². The number of pyridine rings is 1. The van der Waals surface area contributed by atoms with Crippen molar-refractivity contribution in [1.82, 2.24) is 14.8 Å². The van der Waals surface area contributed by atoms with Gasteiger partial charge in [-0.25, -0.2) is 0 Å². The third-order valence-electron chi connectivity index (χ3n) is 5.96. The minimum Gasteiger partial charge on any atom is -0.340 e. The number of halogens is 2. The average Bonchev–Trinajstić information content (AvgIpc) is 2.85. The first-order valence-electron chi connectivity index (χ1n) is 10.7. The van der Waals surface area contributed by atoms with E-state index in [1.807, 2.05) is 53.4 Å². The van der Waals surface area contributed by atoms with Gasteiger partial charge < -0.3 is 4.90 Å². The summed E-state index contributed by atoms with van der Waals surface area (Å²) in [5, 5.41) is 9.69. The maximum atomic E-state index is 13.2. The minimum absolute atomic E-state index is 0. The summed E-state index contributed by atoms with van der Waals surface area (Å²) in [7, 11) is 0. The molecule has 1 saturated heterocycles. The maximum Gasteiger partial charge on any atom is 0.223 e. The fourth-order valence-corrected chi connectivity index (χ4v) is 4.24. The van der Waals surface area contributed by atoms with Crippen molar-refractivity contribution in [3.05, 3.63) is 102 Å². The van der Waals surface area contributed by atoms with Crippen molar-refractivity contribution in [3.63, 3.8) is 0 Å². The van der Waals surface area contributed by atoms with Crippen LogP contribution in [0.1, 0.15) is 35.1 Å². The number of carbonyl (C=O) groups excluding carboxylic acids is 1. The van der Waals surface area contributed by atoms with Crippen LogP contribution in [0.3, 0.4) is 0 Å². The first kappa shape index (κ1) is 26.3. The van der Waals surface area contributed by atoms with Gasteiger partial charge >= 0.3 is 0 Å². The smallest absolute Gasteiger partial charge is 0.223 e. The highest BCUT2D eigenvalue weighted by atomic mass is 35.5. The van der Waals surface area contributed by atoms with Crippen LogP contribution in [-0.2, 0) is 4.79 Å². The van der Waals surface area contributed by atoms with Crippen LogP contribution < -0.4 is 0 Å². The number of benzene rings is 2. The van der Waals surface area contributed by atoms with Gasteiger partial charge in [-0.2, -0.15) is 5.26 Å². The van der Waals surface area contributed by atoms with Crippen LogP contribution >= 0.6 is 24.8 Å². The molecule has 2 aromatic carbocycles. The van der Waals surface area contributed by atoms with E-state index in [9.17, 15) is 10.1 Å². The Morgan fingerprint density at radius 3 is 1.82 bits per heavy atom. The zero-order valence-corrected chi connectivity index (χ0v) is 19.9. The summed E-state index contributed by atoms with van der Waals surface area (Å²) in [4.78, 5) is 21.3. The van der Waals surface area contributed by atoms with Gasteiger partial charge in [0.05, 0.1) is 6.07 Å². The molecule has 1 aliphatic heterocycles. The summed E-state index contributed by atoms with van der Waals surface area (Å²) in [6.45, 7) is 2.65. The summed E-state index contributed by atoms with van der Waals surface area (Å²) >= 11 is 0. The molecule has 1 fully saturated rings. The maximum absolute atomic E-state index is 13.2. The lowest BCUT2D eigenvalue weighted by molar-refractivity contribution is -0.133. The van der Waals surface area contributed by atoms with Crippen LogP contribution in [0.15, 0.2) is 85.2 Å². The number of rotatable bonds is 6. The summed E-state index contributed by atoms with van der Waals surface area (Å²) in [5.74, 6) is 0.200. The summed E-state index contributed by atoms with van der Waals surface area (Å²) < 4.78 is 0. The Bertz CT molecular complexity index is 981. The van der Waals surface area contributed by atoms with Crippen molar-refractivity contribution in [2.45, 2.75) is 18.4 Å². The van der Waals surface area contributed by atoms with E-state index in [0.29, 0.717) is 32.6 Å². The van der Waals surface area contributed by atoms with E-state index < -0.39 is 0 Å². The molecule has 1 unspecified atom stereocenters. The second-order valence-corrected chi connectivity index (χ2v) is 7.81. The third-order valence-corrected chi connectivity index (χ3v) is 5.96. The lowest BCUT2D eigenvalue weighted by Crippen LogP contribution is -2.49. The number of hydrogen-bond acceptors (Lipinski definition) is 4. The van der Waals surface area contributed by atoms with Crippen LogP contribution in [0.4, 0.5) is 0 Å². The van der Waals surface area contributed by atoms with E-state index in [2.05, 4.69) is 40.2 Å². The van der Waals surface area contributed by atoms with E-state index in [-0.39, 0.29) is 42.7 Å². The van der Waals surface area contributed by atoms with E-state index in [4.69, 9.17) is 0 Å². The molecule has 0 radical (unpaired) electrons. The normalized spacial score (nSPS) is 14.5. The SMILES string of the molecule is Cl.Cl.N#CC(c1ccncc1)N1CCN(C(=O)CC(c2ccccc2)c2ccccc2)CC1. The van der Waals surface area contributed by atoms with Crippen LogP contribution in [-0.4, -0.2) is 46.9 Å². The molecule has 5 nitrogen and oxygen atoms in total. The monoisotopic (exact) mass is 482 g/mol. The predicted molar refractivity (Wildman–Crippen MR) is 135 cm³/mol. The largest absolute Gasteiger partial charge is 0.340 e. The molecular weight excluding hydrogens is 455 g/mol. The molecular formula is C26H28Cl2N4O. The highest BCUT2D eigenvalue weighted by molar-refractivity contribution is 5.85. The van der Waals surface area contributed by atoms with Crippen LogP contribution in [0.25, 0.3) is 0 Å². The van der Waals surface area contributed by atoms with Gasteiger partial charge in [0.2, 0.25) is 5.91 Å². The van der Waals surface area contributed by atoms with Gasteiger partial charge in [0.1, 0.15) is 6.04 Å². The van der Waals surface area contributed by atoms with E-state index in [1.54, 1.807) is 12.4 Å². The standard InChI is InChI=1S/C26H26N4O.2ClH/c27-20-25(23-11-13-28-14-12-23)29-15-17-30(18-16-29)26(31)19-24(21-7-3-1-4-8-21)22-9-5-2-6-10-22;;/h1-14,24-25H,15-19H2;2*1H. The first-order valence-corrected chi connectivity index (χ1v) is 10.7. The third kappa shape index (κ3) is 6.55. The van der Waals surface area contributed by atoms with Gasteiger partial charge in [0.15, 0.2) is 0 Å². The van der Waals surface area contributed by atoms with Gasteiger partial charge in [-0.1, -0.05) is 60.7 Å². The Morgan fingerprint density at radius 2 is 1.33 bits per heavy atom. The fraction of sp³-hybridized carbons (Fsp3) is 0.269. The van der Waals surface area contributed by atoms with Crippen molar-refractivity contribution in [1.29, 1.82) is 5.26 Å². The number of nitriles is 1. The number of amides is 1. The summed E-state index contributed by atoms with van der Waals surface area (Å²) in [6.07, 6.45) is 3.87. The van der Waals surface area contributed by atoms with Crippen LogP contribution in [0.2, 0.25) is 0 Å². The van der Waals surface area contributed by atoms with Crippen LogP contribution in [0.5, 0.6) is 0 Å². The molecule has 1 aliphatic rings. The highest BCUT2D eigenvalue weighted by Gasteiger charge is 2.28. The van der Waals surface area contributed by atoms with Crippen molar-refractivity contribution < 1.29 is 4.79 Å². The Balaban J connectivity index is 0.00000193. The van der Waals surface area contributed by atoms with Gasteiger partial charge in [0.25, 0.3) is 0 Å². The Labute approximate surface area is 207 Å². The van der Waals surface area contributed by atoms with E-state index in [0.717, 1.165) is 16.7 Å². The van der Waals surface area contributed by atoms with Crippen molar-refractivity contribution in [2.24, 2.45) is 0 Å². The number of carbonyl (C=O) groups is 1. The van der Waals surface area contributed by atoms with Gasteiger partial charge in [-0.3, -0.25) is 14.7 Å². The number of nitrogens with zero attached hydrogens (tertiary/aromatic N) is 4. The molecule has 0 spiro atoms. The first-order chi connectivity index (χ1) is 15.3. The second-order valence-electron chi connectivity index (χ2n) is 7.81. The summed E-state index contributed by atoms with van der Waals surface area (Å²) in [6, 6.07) is 26.3. The molecule has 33 heavy (non-hydrogen) atoms. The Kier molecular flexibility index (Phi) is 10.3. The van der Waals surface area contributed by atoms with E-state index in [1.165, 1.54) is 0 Å². The predicted octanol–water partition coefficient (Wildman–Crippen LogP) is 4.86. The number of hydrogen-bond donors (Lipinski definition) is 0. The molecule has 3 aromatic rings. The molecule has 0 saturated carbocycles. The highest BCUT2D eigenvalue weighted by Crippen LogP contribution is 2.29. The minimum atomic E-state index is -0.304. The molecule has 7 heteroatoms. The molecule has 4 rings (SSSR count). The second kappa shape index (κ2) is 13.0. The number of aromatic nitrogens is 1.